The summed E-state index contributed by atoms with van der Waals surface area (Å²) in [6.07, 6.45) is 8.25. The van der Waals surface area contributed by atoms with Crippen molar-refractivity contribution in [1.82, 2.24) is 20.2 Å². The molecule has 0 radical (unpaired) electrons. The number of hydrogen-bond donors (Lipinski definition) is 3. The fourth-order valence-corrected chi connectivity index (χ4v) is 4.83. The number of carbonyl (C=O) groups is 2. The molecule has 2 amide bonds. The Morgan fingerprint density at radius 2 is 2.00 bits per heavy atom. The first-order chi connectivity index (χ1) is 16.5. The summed E-state index contributed by atoms with van der Waals surface area (Å²) in [5.41, 5.74) is 1.29. The second-order valence-corrected chi connectivity index (χ2v) is 9.61. The standard InChI is InChI=1S/C24H30Cl2N6O2/c25-17-9-8-16(20(26)13-17)14-28-24-29-15-19(22(31-24)30-18-5-1-2-6-18)23(34)27-10-4-12-32-11-3-7-21(32)33/h8-9,13,15,18H,1-7,10-12,14H2,(H,27,34)(H2,28,29,30,31). The van der Waals surface area contributed by atoms with Crippen LogP contribution in [0.15, 0.2) is 24.4 Å². The number of anilines is 2. The van der Waals surface area contributed by atoms with Crippen LogP contribution in [0.2, 0.25) is 10.0 Å². The zero-order valence-electron chi connectivity index (χ0n) is 19.1. The molecule has 1 aromatic heterocycles. The monoisotopic (exact) mass is 504 g/mol. The highest BCUT2D eigenvalue weighted by molar-refractivity contribution is 6.35. The van der Waals surface area contributed by atoms with Crippen LogP contribution in [0.4, 0.5) is 11.8 Å². The number of nitrogens with zero attached hydrogens (tertiary/aromatic N) is 3. The number of benzene rings is 1. The molecule has 4 rings (SSSR count). The lowest BCUT2D eigenvalue weighted by molar-refractivity contribution is -0.127. The van der Waals surface area contributed by atoms with Gasteiger partial charge >= 0.3 is 0 Å². The van der Waals surface area contributed by atoms with Gasteiger partial charge < -0.3 is 20.9 Å². The van der Waals surface area contributed by atoms with E-state index in [4.69, 9.17) is 23.2 Å². The molecule has 1 aliphatic heterocycles. The van der Waals surface area contributed by atoms with Crippen molar-refractivity contribution >= 4 is 46.8 Å². The molecule has 2 aromatic rings. The average Bonchev–Trinajstić information content (AvgIpc) is 3.48. The molecule has 182 valence electrons. The average molecular weight is 505 g/mol. The summed E-state index contributed by atoms with van der Waals surface area (Å²) in [7, 11) is 0. The summed E-state index contributed by atoms with van der Waals surface area (Å²) in [5, 5.41) is 10.7. The Balaban J connectivity index is 1.39. The van der Waals surface area contributed by atoms with Crippen molar-refractivity contribution in [3.8, 4) is 0 Å². The van der Waals surface area contributed by atoms with E-state index in [1.54, 1.807) is 18.3 Å². The van der Waals surface area contributed by atoms with E-state index < -0.39 is 0 Å². The molecule has 0 unspecified atom stereocenters. The molecule has 0 bridgehead atoms. The number of amides is 2. The quantitative estimate of drug-likeness (QED) is 0.412. The normalized spacial score (nSPS) is 16.2. The van der Waals surface area contributed by atoms with Gasteiger partial charge in [-0.1, -0.05) is 42.1 Å². The minimum atomic E-state index is -0.222. The van der Waals surface area contributed by atoms with Gasteiger partial charge in [0.25, 0.3) is 5.91 Å². The highest BCUT2D eigenvalue weighted by atomic mass is 35.5. The van der Waals surface area contributed by atoms with Crippen LogP contribution in [0.3, 0.4) is 0 Å². The van der Waals surface area contributed by atoms with E-state index in [1.165, 1.54) is 12.8 Å². The van der Waals surface area contributed by atoms with Crippen molar-refractivity contribution < 1.29 is 9.59 Å². The van der Waals surface area contributed by atoms with Gasteiger partial charge in [-0.3, -0.25) is 9.59 Å². The molecule has 1 saturated heterocycles. The molecule has 8 nitrogen and oxygen atoms in total. The number of halogens is 2. The third-order valence-electron chi connectivity index (χ3n) is 6.24. The molecule has 1 aliphatic carbocycles. The lowest BCUT2D eigenvalue weighted by Crippen LogP contribution is -2.31. The molecule has 0 atom stereocenters. The smallest absolute Gasteiger partial charge is 0.256 e. The number of hydrogen-bond acceptors (Lipinski definition) is 6. The lowest BCUT2D eigenvalue weighted by Gasteiger charge is -2.18. The fourth-order valence-electron chi connectivity index (χ4n) is 4.35. The van der Waals surface area contributed by atoms with Crippen LogP contribution in [0.5, 0.6) is 0 Å². The first-order valence-corrected chi connectivity index (χ1v) is 12.6. The van der Waals surface area contributed by atoms with Gasteiger partial charge in [0.1, 0.15) is 11.4 Å². The van der Waals surface area contributed by atoms with E-state index in [0.717, 1.165) is 31.4 Å². The summed E-state index contributed by atoms with van der Waals surface area (Å²) >= 11 is 12.2. The topological polar surface area (TPSA) is 99.2 Å². The second-order valence-electron chi connectivity index (χ2n) is 8.76. The van der Waals surface area contributed by atoms with E-state index in [1.807, 2.05) is 11.0 Å². The molecule has 10 heteroatoms. The van der Waals surface area contributed by atoms with Crippen molar-refractivity contribution in [2.45, 2.75) is 57.5 Å². The van der Waals surface area contributed by atoms with Gasteiger partial charge in [-0.05, 0) is 43.4 Å². The van der Waals surface area contributed by atoms with E-state index in [9.17, 15) is 9.59 Å². The molecule has 2 heterocycles. The minimum Gasteiger partial charge on any atom is -0.367 e. The van der Waals surface area contributed by atoms with Gasteiger partial charge in [-0.25, -0.2) is 4.98 Å². The van der Waals surface area contributed by atoms with Gasteiger partial charge in [-0.15, -0.1) is 0 Å². The Morgan fingerprint density at radius 3 is 2.74 bits per heavy atom. The van der Waals surface area contributed by atoms with Crippen LogP contribution >= 0.6 is 23.2 Å². The van der Waals surface area contributed by atoms with Gasteiger partial charge in [0.05, 0.1) is 0 Å². The van der Waals surface area contributed by atoms with E-state index in [-0.39, 0.29) is 11.8 Å². The maximum absolute atomic E-state index is 12.9. The van der Waals surface area contributed by atoms with Gasteiger partial charge in [-0.2, -0.15) is 4.98 Å². The van der Waals surface area contributed by atoms with Crippen molar-refractivity contribution in [3.63, 3.8) is 0 Å². The van der Waals surface area contributed by atoms with Crippen molar-refractivity contribution in [2.24, 2.45) is 0 Å². The van der Waals surface area contributed by atoms with E-state index >= 15 is 0 Å². The molecule has 0 spiro atoms. The predicted octanol–water partition coefficient (Wildman–Crippen LogP) is 4.49. The summed E-state index contributed by atoms with van der Waals surface area (Å²) in [4.78, 5) is 35.5. The highest BCUT2D eigenvalue weighted by Gasteiger charge is 2.22. The zero-order chi connectivity index (χ0) is 23.9. The number of likely N-dealkylation sites (tertiary alicyclic amines) is 1. The van der Waals surface area contributed by atoms with Gasteiger partial charge in [0, 0.05) is 54.9 Å². The van der Waals surface area contributed by atoms with E-state index in [0.29, 0.717) is 65.9 Å². The number of carbonyl (C=O) groups excluding carboxylic acids is 2. The number of nitrogens with one attached hydrogen (secondary N) is 3. The van der Waals surface area contributed by atoms with Gasteiger partial charge in [0.2, 0.25) is 11.9 Å². The Labute approximate surface area is 209 Å². The fraction of sp³-hybridized carbons (Fsp3) is 0.500. The third kappa shape index (κ3) is 6.51. The molecule has 1 aromatic carbocycles. The Bertz CT molecular complexity index is 1030. The zero-order valence-corrected chi connectivity index (χ0v) is 20.6. The Morgan fingerprint density at radius 1 is 1.18 bits per heavy atom. The van der Waals surface area contributed by atoms with Crippen LogP contribution < -0.4 is 16.0 Å². The van der Waals surface area contributed by atoms with Crippen LogP contribution in [-0.4, -0.2) is 52.4 Å². The van der Waals surface area contributed by atoms with Crippen molar-refractivity contribution in [2.75, 3.05) is 30.3 Å². The van der Waals surface area contributed by atoms with Crippen molar-refractivity contribution in [3.05, 3.63) is 45.6 Å². The van der Waals surface area contributed by atoms with Crippen molar-refractivity contribution in [1.29, 1.82) is 0 Å². The second kappa shape index (κ2) is 11.7. The van der Waals surface area contributed by atoms with E-state index in [2.05, 4.69) is 25.9 Å². The molecular weight excluding hydrogens is 475 g/mol. The summed E-state index contributed by atoms with van der Waals surface area (Å²) < 4.78 is 0. The molecule has 34 heavy (non-hydrogen) atoms. The Hall–Kier alpha value is -2.58. The van der Waals surface area contributed by atoms with Crippen LogP contribution in [0.1, 0.15) is 60.9 Å². The SMILES string of the molecule is O=C(NCCCN1CCCC1=O)c1cnc(NCc2ccc(Cl)cc2Cl)nc1NC1CCCC1. The summed E-state index contributed by atoms with van der Waals surface area (Å²) in [5.74, 6) is 0.917. The first kappa shape index (κ1) is 24.5. The maximum atomic E-state index is 12.9. The van der Waals surface area contributed by atoms with Crippen LogP contribution in [0.25, 0.3) is 0 Å². The van der Waals surface area contributed by atoms with Gasteiger partial charge in [0.15, 0.2) is 0 Å². The van der Waals surface area contributed by atoms with Crippen LogP contribution in [-0.2, 0) is 11.3 Å². The maximum Gasteiger partial charge on any atom is 0.256 e. The molecule has 3 N–H and O–H groups in total. The largest absolute Gasteiger partial charge is 0.367 e. The minimum absolute atomic E-state index is 0.200. The predicted molar refractivity (Wildman–Crippen MR) is 134 cm³/mol. The molecule has 2 fully saturated rings. The Kier molecular flexibility index (Phi) is 8.45. The highest BCUT2D eigenvalue weighted by Crippen LogP contribution is 2.25. The van der Waals surface area contributed by atoms with Crippen LogP contribution in [0, 0.1) is 0 Å². The number of rotatable bonds is 10. The lowest BCUT2D eigenvalue weighted by atomic mass is 10.2. The molecular formula is C24H30Cl2N6O2. The number of aromatic nitrogens is 2. The molecule has 1 saturated carbocycles. The summed E-state index contributed by atoms with van der Waals surface area (Å²) in [6, 6.07) is 5.63. The first-order valence-electron chi connectivity index (χ1n) is 11.9. The molecule has 2 aliphatic rings. The third-order valence-corrected chi connectivity index (χ3v) is 6.83. The summed E-state index contributed by atoms with van der Waals surface area (Å²) in [6.45, 7) is 2.39.